The number of pyridine rings is 1. The third-order valence-corrected chi connectivity index (χ3v) is 6.70. The highest BCUT2D eigenvalue weighted by molar-refractivity contribution is 5.94. The molecule has 0 saturated heterocycles. The van der Waals surface area contributed by atoms with Crippen molar-refractivity contribution in [3.05, 3.63) is 71.2 Å². The molecular formula is C28H33N3O4. The average Bonchev–Trinajstić information content (AvgIpc) is 3.24. The van der Waals surface area contributed by atoms with Crippen molar-refractivity contribution in [3.63, 3.8) is 0 Å². The summed E-state index contributed by atoms with van der Waals surface area (Å²) in [5.41, 5.74) is 4.53. The summed E-state index contributed by atoms with van der Waals surface area (Å²) in [5.74, 6) is 1.00. The first-order chi connectivity index (χ1) is 16.9. The van der Waals surface area contributed by atoms with Crippen LogP contribution in [0.3, 0.4) is 0 Å². The van der Waals surface area contributed by atoms with Crippen molar-refractivity contribution in [2.45, 2.75) is 58.4 Å². The van der Waals surface area contributed by atoms with Gasteiger partial charge in [-0.05, 0) is 75.1 Å². The molecule has 7 heteroatoms. The van der Waals surface area contributed by atoms with Crippen LogP contribution < -0.4 is 10.6 Å². The molecule has 7 nitrogen and oxygen atoms in total. The van der Waals surface area contributed by atoms with Gasteiger partial charge in [0.2, 0.25) is 0 Å². The smallest absolute Gasteiger partial charge is 0.305 e. The zero-order valence-electron chi connectivity index (χ0n) is 20.3. The third kappa shape index (κ3) is 6.29. The fourth-order valence-corrected chi connectivity index (χ4v) is 4.76. The van der Waals surface area contributed by atoms with Crippen LogP contribution in [0.5, 0.6) is 0 Å². The Morgan fingerprint density at radius 2 is 1.83 bits per heavy atom. The number of carboxylic acids is 1. The summed E-state index contributed by atoms with van der Waals surface area (Å²) in [6.07, 6.45) is 7.80. The standard InChI is InChI=1S/C28H33N3O4/c1-18-8-9-22(17-30-18)25-16-24(19(2)35-25)27(20-6-4-3-5-7-20)31-23-12-10-21(11-13-23)28(34)29-15-14-26(32)33/h8-13,16-17,20,27,31H,3-7,14-15H2,1-2H3,(H,29,34)(H,32,33). The minimum atomic E-state index is -0.935. The minimum absolute atomic E-state index is 0.0981. The fraction of sp³-hybridized carbons (Fsp3) is 0.393. The number of aryl methyl sites for hydroxylation is 2. The first-order valence-corrected chi connectivity index (χ1v) is 12.3. The number of aliphatic carboxylic acids is 1. The average molecular weight is 476 g/mol. The Kier molecular flexibility index (Phi) is 7.85. The van der Waals surface area contributed by atoms with Crippen LogP contribution in [-0.2, 0) is 4.79 Å². The molecule has 0 spiro atoms. The minimum Gasteiger partial charge on any atom is -0.481 e. The number of hydrogen-bond acceptors (Lipinski definition) is 5. The van der Waals surface area contributed by atoms with Crippen LogP contribution in [0.4, 0.5) is 5.69 Å². The molecule has 1 fully saturated rings. The highest BCUT2D eigenvalue weighted by Crippen LogP contribution is 2.40. The number of aromatic nitrogens is 1. The lowest BCUT2D eigenvalue weighted by atomic mass is 9.81. The van der Waals surface area contributed by atoms with E-state index in [9.17, 15) is 9.59 Å². The van der Waals surface area contributed by atoms with Crippen LogP contribution in [0.25, 0.3) is 11.3 Å². The highest BCUT2D eigenvalue weighted by atomic mass is 16.4. The molecule has 0 bridgehead atoms. The zero-order chi connectivity index (χ0) is 24.8. The van der Waals surface area contributed by atoms with Gasteiger partial charge >= 0.3 is 5.97 Å². The van der Waals surface area contributed by atoms with Gasteiger partial charge in [0, 0.05) is 40.8 Å². The lowest BCUT2D eigenvalue weighted by Crippen LogP contribution is -2.26. The second kappa shape index (κ2) is 11.2. The number of carbonyl (C=O) groups excluding carboxylic acids is 1. The number of furan rings is 1. The quantitative estimate of drug-likeness (QED) is 0.356. The summed E-state index contributed by atoms with van der Waals surface area (Å²) < 4.78 is 6.18. The Balaban J connectivity index is 1.54. The summed E-state index contributed by atoms with van der Waals surface area (Å²) in [4.78, 5) is 27.4. The topological polar surface area (TPSA) is 104 Å². The summed E-state index contributed by atoms with van der Waals surface area (Å²) in [7, 11) is 0. The lowest BCUT2D eigenvalue weighted by molar-refractivity contribution is -0.136. The lowest BCUT2D eigenvalue weighted by Gasteiger charge is -2.31. The van der Waals surface area contributed by atoms with Crippen molar-refractivity contribution >= 4 is 17.6 Å². The predicted octanol–water partition coefficient (Wildman–Crippen LogP) is 5.90. The van der Waals surface area contributed by atoms with Crippen LogP contribution in [0.2, 0.25) is 0 Å². The molecule has 1 atom stereocenters. The van der Waals surface area contributed by atoms with Crippen LogP contribution in [0.15, 0.2) is 53.1 Å². The Labute approximate surface area is 206 Å². The van der Waals surface area contributed by atoms with E-state index in [0.29, 0.717) is 11.5 Å². The summed E-state index contributed by atoms with van der Waals surface area (Å²) in [5, 5.41) is 15.1. The van der Waals surface area contributed by atoms with Gasteiger partial charge in [-0.25, -0.2) is 0 Å². The van der Waals surface area contributed by atoms with Crippen molar-refractivity contribution < 1.29 is 19.1 Å². The predicted molar refractivity (Wildman–Crippen MR) is 135 cm³/mol. The van der Waals surface area contributed by atoms with Crippen molar-refractivity contribution in [3.8, 4) is 11.3 Å². The molecule has 184 valence electrons. The van der Waals surface area contributed by atoms with E-state index in [0.717, 1.165) is 46.9 Å². The highest BCUT2D eigenvalue weighted by Gasteiger charge is 2.28. The van der Waals surface area contributed by atoms with Gasteiger partial charge in [-0.3, -0.25) is 14.6 Å². The van der Waals surface area contributed by atoms with Gasteiger partial charge in [0.25, 0.3) is 5.91 Å². The molecule has 1 saturated carbocycles. The molecule has 4 rings (SSSR count). The van der Waals surface area contributed by atoms with Gasteiger partial charge in [-0.2, -0.15) is 0 Å². The van der Waals surface area contributed by atoms with Crippen LogP contribution in [-0.4, -0.2) is 28.5 Å². The Morgan fingerprint density at radius 1 is 1.09 bits per heavy atom. The van der Waals surface area contributed by atoms with Crippen LogP contribution >= 0.6 is 0 Å². The molecule has 3 aromatic rings. The Bertz CT molecular complexity index is 1150. The molecule has 1 unspecified atom stereocenters. The van der Waals surface area contributed by atoms with Gasteiger partial charge in [-0.15, -0.1) is 0 Å². The first kappa shape index (κ1) is 24.5. The van der Waals surface area contributed by atoms with E-state index in [1.165, 1.54) is 19.3 Å². The van der Waals surface area contributed by atoms with Crippen LogP contribution in [0, 0.1) is 19.8 Å². The number of anilines is 1. The monoisotopic (exact) mass is 475 g/mol. The van der Waals surface area contributed by atoms with E-state index < -0.39 is 5.97 Å². The number of nitrogens with one attached hydrogen (secondary N) is 2. The van der Waals surface area contributed by atoms with Gasteiger partial charge < -0.3 is 20.2 Å². The van der Waals surface area contributed by atoms with Crippen molar-refractivity contribution in [2.24, 2.45) is 5.92 Å². The van der Waals surface area contributed by atoms with E-state index in [2.05, 4.69) is 21.7 Å². The number of carboxylic acid groups (broad SMARTS) is 1. The maximum Gasteiger partial charge on any atom is 0.305 e. The number of benzene rings is 1. The second-order valence-electron chi connectivity index (χ2n) is 9.31. The van der Waals surface area contributed by atoms with Crippen molar-refractivity contribution in [1.29, 1.82) is 0 Å². The molecular weight excluding hydrogens is 442 g/mol. The summed E-state index contributed by atoms with van der Waals surface area (Å²) in [6, 6.07) is 13.6. The third-order valence-electron chi connectivity index (χ3n) is 6.70. The second-order valence-corrected chi connectivity index (χ2v) is 9.31. The molecule has 2 aromatic heterocycles. The van der Waals surface area contributed by atoms with Crippen LogP contribution in [0.1, 0.15) is 71.9 Å². The SMILES string of the molecule is Cc1ccc(-c2cc(C(Nc3ccc(C(=O)NCCC(=O)O)cc3)C3CCCCC3)c(C)o2)cn1. The Morgan fingerprint density at radius 3 is 2.49 bits per heavy atom. The maximum absolute atomic E-state index is 12.3. The van der Waals surface area contributed by atoms with Gasteiger partial charge in [0.15, 0.2) is 0 Å². The number of hydrogen-bond donors (Lipinski definition) is 3. The largest absolute Gasteiger partial charge is 0.481 e. The van der Waals surface area contributed by atoms with E-state index in [-0.39, 0.29) is 24.9 Å². The van der Waals surface area contributed by atoms with E-state index in [1.807, 2.05) is 44.3 Å². The number of rotatable bonds is 9. The number of amides is 1. The van der Waals surface area contributed by atoms with Crippen molar-refractivity contribution in [1.82, 2.24) is 10.3 Å². The van der Waals surface area contributed by atoms with E-state index in [4.69, 9.17) is 9.52 Å². The van der Waals surface area contributed by atoms with Gasteiger partial charge in [-0.1, -0.05) is 19.3 Å². The summed E-state index contributed by atoms with van der Waals surface area (Å²) in [6.45, 7) is 4.09. The molecule has 1 amide bonds. The molecule has 35 heavy (non-hydrogen) atoms. The molecule has 0 radical (unpaired) electrons. The Hall–Kier alpha value is -3.61. The van der Waals surface area contributed by atoms with Gasteiger partial charge in [0.05, 0.1) is 12.5 Å². The molecule has 3 N–H and O–H groups in total. The van der Waals surface area contributed by atoms with E-state index >= 15 is 0 Å². The maximum atomic E-state index is 12.3. The summed E-state index contributed by atoms with van der Waals surface area (Å²) >= 11 is 0. The van der Waals surface area contributed by atoms with Crippen molar-refractivity contribution in [2.75, 3.05) is 11.9 Å². The van der Waals surface area contributed by atoms with Gasteiger partial charge in [0.1, 0.15) is 11.5 Å². The molecule has 1 aliphatic carbocycles. The molecule has 0 aliphatic heterocycles. The van der Waals surface area contributed by atoms with E-state index in [1.54, 1.807) is 12.1 Å². The normalized spacial score (nSPS) is 14.9. The molecule has 1 aliphatic rings. The zero-order valence-corrected chi connectivity index (χ0v) is 20.3. The number of carbonyl (C=O) groups is 2. The molecule has 2 heterocycles. The fourth-order valence-electron chi connectivity index (χ4n) is 4.76. The molecule has 1 aromatic carbocycles. The number of nitrogens with zero attached hydrogens (tertiary/aromatic N) is 1. The first-order valence-electron chi connectivity index (χ1n) is 12.3.